The number of ketones is 1. The molecule has 98 valence electrons. The summed E-state index contributed by atoms with van der Waals surface area (Å²) in [5.74, 6) is 0.198. The van der Waals surface area contributed by atoms with Crippen LogP contribution in [0.3, 0.4) is 0 Å². The topological polar surface area (TPSA) is 17.1 Å². The minimum absolute atomic E-state index is 0.198. The first kappa shape index (κ1) is 13.1. The summed E-state index contributed by atoms with van der Waals surface area (Å²) in [4.78, 5) is 11.5. The zero-order valence-electron chi connectivity index (χ0n) is 10.2. The molecule has 0 saturated heterocycles. The number of hydrogen-bond acceptors (Lipinski definition) is 1. The number of benzene rings is 1. The second-order valence-corrected chi connectivity index (χ2v) is 5.20. The highest BCUT2D eigenvalue weighted by molar-refractivity contribution is 5.80. The molecule has 1 fully saturated rings. The lowest BCUT2D eigenvalue weighted by Crippen LogP contribution is -2.30. The highest BCUT2D eigenvalue weighted by atomic mass is 19.4. The summed E-state index contributed by atoms with van der Waals surface area (Å²) < 4.78 is 37.4. The number of Topliss-reactive ketones (excluding diaryl/α,β-unsaturated/α-hetero) is 1. The SMILES string of the molecule is C[C@@]1(c2ccc(C(F)(F)F)cc2)CCCC(=O)C1. The molecule has 1 aliphatic carbocycles. The molecule has 0 radical (unpaired) electrons. The van der Waals surface area contributed by atoms with Gasteiger partial charge < -0.3 is 0 Å². The third-order valence-corrected chi connectivity index (χ3v) is 3.68. The molecule has 18 heavy (non-hydrogen) atoms. The smallest absolute Gasteiger partial charge is 0.300 e. The molecule has 1 atom stereocenters. The minimum Gasteiger partial charge on any atom is -0.300 e. The van der Waals surface area contributed by atoms with Gasteiger partial charge in [-0.25, -0.2) is 0 Å². The quantitative estimate of drug-likeness (QED) is 0.739. The van der Waals surface area contributed by atoms with E-state index in [0.717, 1.165) is 30.5 Å². The van der Waals surface area contributed by atoms with E-state index in [1.165, 1.54) is 12.1 Å². The van der Waals surface area contributed by atoms with Crippen LogP contribution in [0.2, 0.25) is 0 Å². The Balaban J connectivity index is 2.26. The van der Waals surface area contributed by atoms with Crippen molar-refractivity contribution in [3.05, 3.63) is 35.4 Å². The summed E-state index contributed by atoms with van der Waals surface area (Å²) in [6, 6.07) is 5.20. The standard InChI is InChI=1S/C14H15F3O/c1-13(8-2-3-12(18)9-13)10-4-6-11(7-5-10)14(15,16)17/h4-7H,2-3,8-9H2,1H3/t13-/m1/s1. The van der Waals surface area contributed by atoms with Crippen molar-refractivity contribution in [3.63, 3.8) is 0 Å². The average Bonchev–Trinajstić information content (AvgIpc) is 2.28. The molecule has 0 unspecified atom stereocenters. The fraction of sp³-hybridized carbons (Fsp3) is 0.500. The summed E-state index contributed by atoms with van der Waals surface area (Å²) in [5, 5.41) is 0. The molecule has 1 saturated carbocycles. The third-order valence-electron chi connectivity index (χ3n) is 3.68. The highest BCUT2D eigenvalue weighted by Gasteiger charge is 2.34. The van der Waals surface area contributed by atoms with E-state index in [1.54, 1.807) is 0 Å². The molecule has 0 spiro atoms. The van der Waals surface area contributed by atoms with Crippen LogP contribution in [0, 0.1) is 0 Å². The Kier molecular flexibility index (Phi) is 3.21. The van der Waals surface area contributed by atoms with Gasteiger partial charge in [0.25, 0.3) is 0 Å². The van der Waals surface area contributed by atoms with E-state index in [2.05, 4.69) is 0 Å². The van der Waals surface area contributed by atoms with Gasteiger partial charge in [0.2, 0.25) is 0 Å². The van der Waals surface area contributed by atoms with E-state index >= 15 is 0 Å². The first-order valence-corrected chi connectivity index (χ1v) is 6.01. The molecule has 0 aliphatic heterocycles. The van der Waals surface area contributed by atoms with Crippen LogP contribution in [0.5, 0.6) is 0 Å². The summed E-state index contributed by atoms with van der Waals surface area (Å²) in [6.45, 7) is 1.95. The van der Waals surface area contributed by atoms with Crippen LogP contribution in [0.4, 0.5) is 13.2 Å². The van der Waals surface area contributed by atoms with Gasteiger partial charge in [-0.2, -0.15) is 13.2 Å². The van der Waals surface area contributed by atoms with Gasteiger partial charge in [0.1, 0.15) is 5.78 Å². The fourth-order valence-electron chi connectivity index (χ4n) is 2.60. The van der Waals surface area contributed by atoms with Gasteiger partial charge in [-0.3, -0.25) is 4.79 Å². The molecule has 0 amide bonds. The Morgan fingerprint density at radius 2 is 1.78 bits per heavy atom. The van der Waals surface area contributed by atoms with Gasteiger partial charge in [-0.15, -0.1) is 0 Å². The van der Waals surface area contributed by atoms with Crippen LogP contribution in [0.25, 0.3) is 0 Å². The lowest BCUT2D eigenvalue weighted by atomic mass is 9.70. The van der Waals surface area contributed by atoms with Crippen LogP contribution in [0.1, 0.15) is 43.7 Å². The summed E-state index contributed by atoms with van der Waals surface area (Å²) in [6.07, 6.45) is -1.61. The Morgan fingerprint density at radius 3 is 2.28 bits per heavy atom. The van der Waals surface area contributed by atoms with Crippen LogP contribution >= 0.6 is 0 Å². The van der Waals surface area contributed by atoms with Crippen molar-refractivity contribution >= 4 is 5.78 Å². The third kappa shape index (κ3) is 2.57. The van der Waals surface area contributed by atoms with E-state index in [-0.39, 0.29) is 11.2 Å². The lowest BCUT2D eigenvalue weighted by Gasteiger charge is -2.33. The van der Waals surface area contributed by atoms with E-state index in [9.17, 15) is 18.0 Å². The maximum atomic E-state index is 12.5. The van der Waals surface area contributed by atoms with Crippen LogP contribution < -0.4 is 0 Å². The van der Waals surface area contributed by atoms with Crippen LogP contribution in [0.15, 0.2) is 24.3 Å². The Labute approximate surface area is 104 Å². The molecule has 1 aromatic rings. The van der Waals surface area contributed by atoms with Crippen molar-refractivity contribution in [1.29, 1.82) is 0 Å². The number of carbonyl (C=O) groups excluding carboxylic acids is 1. The second kappa shape index (κ2) is 4.41. The zero-order valence-corrected chi connectivity index (χ0v) is 10.2. The number of carbonyl (C=O) groups is 1. The van der Waals surface area contributed by atoms with Crippen molar-refractivity contribution in [3.8, 4) is 0 Å². The van der Waals surface area contributed by atoms with Gasteiger partial charge in [0.05, 0.1) is 5.56 Å². The predicted octanol–water partition coefficient (Wildman–Crippen LogP) is 4.11. The molecule has 4 heteroatoms. The fourth-order valence-corrected chi connectivity index (χ4v) is 2.60. The van der Waals surface area contributed by atoms with E-state index < -0.39 is 11.7 Å². The summed E-state index contributed by atoms with van der Waals surface area (Å²) in [5.41, 5.74) is -0.125. The largest absolute Gasteiger partial charge is 0.416 e. The molecule has 0 N–H and O–H groups in total. The molecule has 0 heterocycles. The summed E-state index contributed by atoms with van der Waals surface area (Å²) >= 11 is 0. The Morgan fingerprint density at radius 1 is 1.17 bits per heavy atom. The molecule has 0 bridgehead atoms. The monoisotopic (exact) mass is 256 g/mol. The summed E-state index contributed by atoms with van der Waals surface area (Å²) in [7, 11) is 0. The number of halogens is 3. The van der Waals surface area contributed by atoms with E-state index in [1.807, 2.05) is 6.92 Å². The molecule has 1 aromatic carbocycles. The molecular formula is C14H15F3O. The van der Waals surface area contributed by atoms with Gasteiger partial charge in [-0.05, 0) is 36.0 Å². The van der Waals surface area contributed by atoms with E-state index in [0.29, 0.717) is 12.8 Å². The normalized spacial score (nSPS) is 25.2. The van der Waals surface area contributed by atoms with Crippen molar-refractivity contribution in [2.24, 2.45) is 0 Å². The number of hydrogen-bond donors (Lipinski definition) is 0. The Hall–Kier alpha value is -1.32. The molecule has 1 aliphatic rings. The minimum atomic E-state index is -4.30. The first-order valence-electron chi connectivity index (χ1n) is 6.01. The predicted molar refractivity (Wildman–Crippen MR) is 62.3 cm³/mol. The van der Waals surface area contributed by atoms with Gasteiger partial charge >= 0.3 is 6.18 Å². The van der Waals surface area contributed by atoms with Gasteiger partial charge in [-0.1, -0.05) is 19.1 Å². The van der Waals surface area contributed by atoms with Gasteiger partial charge in [0, 0.05) is 12.8 Å². The first-order chi connectivity index (χ1) is 8.31. The van der Waals surface area contributed by atoms with Gasteiger partial charge in [0.15, 0.2) is 0 Å². The number of alkyl halides is 3. The van der Waals surface area contributed by atoms with Crippen molar-refractivity contribution in [2.45, 2.75) is 44.2 Å². The Bertz CT molecular complexity index is 447. The zero-order chi connectivity index (χ0) is 13.4. The van der Waals surface area contributed by atoms with Crippen molar-refractivity contribution in [2.75, 3.05) is 0 Å². The van der Waals surface area contributed by atoms with Crippen LogP contribution in [-0.4, -0.2) is 5.78 Å². The molecular weight excluding hydrogens is 241 g/mol. The molecule has 1 nitrogen and oxygen atoms in total. The highest BCUT2D eigenvalue weighted by Crippen LogP contribution is 2.38. The number of rotatable bonds is 1. The average molecular weight is 256 g/mol. The molecule has 0 aromatic heterocycles. The lowest BCUT2D eigenvalue weighted by molar-refractivity contribution is -0.137. The second-order valence-electron chi connectivity index (χ2n) is 5.20. The van der Waals surface area contributed by atoms with Crippen molar-refractivity contribution < 1.29 is 18.0 Å². The maximum Gasteiger partial charge on any atom is 0.416 e. The molecule has 2 rings (SSSR count). The maximum absolute atomic E-state index is 12.5. The van der Waals surface area contributed by atoms with E-state index in [4.69, 9.17) is 0 Å². The van der Waals surface area contributed by atoms with Crippen molar-refractivity contribution in [1.82, 2.24) is 0 Å². The van der Waals surface area contributed by atoms with Crippen LogP contribution in [-0.2, 0) is 16.4 Å².